The molecule has 0 radical (unpaired) electrons. The lowest BCUT2D eigenvalue weighted by Gasteiger charge is -2.10. The van der Waals surface area contributed by atoms with Crippen LogP contribution in [0.1, 0.15) is 26.2 Å². The van der Waals surface area contributed by atoms with Gasteiger partial charge in [0.05, 0.1) is 4.88 Å². The van der Waals surface area contributed by atoms with Gasteiger partial charge in [-0.2, -0.15) is 0 Å². The Morgan fingerprint density at radius 3 is 3.12 bits per heavy atom. The lowest BCUT2D eigenvalue weighted by Crippen LogP contribution is -2.18. The largest absolute Gasteiger partial charge is 0.330 e. The minimum absolute atomic E-state index is 0.337. The van der Waals surface area contributed by atoms with Crippen LogP contribution in [0.5, 0.6) is 0 Å². The van der Waals surface area contributed by atoms with Gasteiger partial charge in [-0.05, 0) is 30.7 Å². The summed E-state index contributed by atoms with van der Waals surface area (Å²) >= 11 is 1.73. The Morgan fingerprint density at radius 1 is 1.53 bits per heavy atom. The fourth-order valence-corrected chi connectivity index (χ4v) is 2.58. The molecule has 0 aliphatic heterocycles. The first-order valence-corrected chi connectivity index (χ1v) is 6.99. The molecule has 0 spiro atoms. The molecule has 92 valence electrons. The zero-order valence-electron chi connectivity index (χ0n) is 10.2. The highest BCUT2D eigenvalue weighted by Gasteiger charge is 2.07. The normalized spacial score (nSPS) is 12.8. The van der Waals surface area contributed by atoms with Crippen LogP contribution < -0.4 is 5.73 Å². The molecule has 2 aromatic rings. The van der Waals surface area contributed by atoms with E-state index < -0.39 is 0 Å². The van der Waals surface area contributed by atoms with Crippen LogP contribution in [-0.4, -0.2) is 15.6 Å². The number of rotatable bonds is 6. The molecule has 2 rings (SSSR count). The number of thiophene rings is 1. The van der Waals surface area contributed by atoms with Gasteiger partial charge in [0.25, 0.3) is 0 Å². The van der Waals surface area contributed by atoms with Crippen molar-refractivity contribution in [3.05, 3.63) is 29.9 Å². The van der Waals surface area contributed by atoms with Crippen LogP contribution in [0.3, 0.4) is 0 Å². The molecule has 0 aliphatic carbocycles. The van der Waals surface area contributed by atoms with E-state index in [4.69, 9.17) is 5.73 Å². The molecule has 0 saturated heterocycles. The highest BCUT2D eigenvalue weighted by atomic mass is 32.1. The highest BCUT2D eigenvalue weighted by molar-refractivity contribution is 7.13. The zero-order chi connectivity index (χ0) is 12.1. The van der Waals surface area contributed by atoms with Crippen LogP contribution in [0.4, 0.5) is 0 Å². The summed E-state index contributed by atoms with van der Waals surface area (Å²) in [4.78, 5) is 5.65. The fraction of sp³-hybridized carbons (Fsp3) is 0.462. The maximum absolute atomic E-state index is 5.92. The third kappa shape index (κ3) is 3.17. The molecule has 17 heavy (non-hydrogen) atoms. The van der Waals surface area contributed by atoms with E-state index in [2.05, 4.69) is 34.0 Å². The Hall–Kier alpha value is -1.13. The average molecular weight is 249 g/mol. The summed E-state index contributed by atoms with van der Waals surface area (Å²) in [5, 5.41) is 2.08. The number of nitrogens with zero attached hydrogens (tertiary/aromatic N) is 2. The van der Waals surface area contributed by atoms with Crippen LogP contribution in [-0.2, 0) is 6.54 Å². The van der Waals surface area contributed by atoms with Crippen molar-refractivity contribution in [2.45, 2.75) is 38.8 Å². The van der Waals surface area contributed by atoms with Gasteiger partial charge in [-0.3, -0.25) is 0 Å². The average Bonchev–Trinajstić information content (AvgIpc) is 2.98. The van der Waals surface area contributed by atoms with Gasteiger partial charge in [-0.1, -0.05) is 13.0 Å². The Bertz CT molecular complexity index is 433. The van der Waals surface area contributed by atoms with Gasteiger partial charge < -0.3 is 10.3 Å². The van der Waals surface area contributed by atoms with E-state index in [9.17, 15) is 0 Å². The van der Waals surface area contributed by atoms with E-state index in [0.29, 0.717) is 6.04 Å². The van der Waals surface area contributed by atoms with Crippen molar-refractivity contribution in [2.75, 3.05) is 0 Å². The van der Waals surface area contributed by atoms with Crippen molar-refractivity contribution in [3.63, 3.8) is 0 Å². The number of hydrogen-bond donors (Lipinski definition) is 1. The van der Waals surface area contributed by atoms with Crippen LogP contribution in [0.2, 0.25) is 0 Å². The smallest absolute Gasteiger partial charge is 0.149 e. The fourth-order valence-electron chi connectivity index (χ4n) is 1.85. The second kappa shape index (κ2) is 5.98. The zero-order valence-corrected chi connectivity index (χ0v) is 11.0. The molecule has 1 atom stereocenters. The molecule has 3 nitrogen and oxygen atoms in total. The van der Waals surface area contributed by atoms with Gasteiger partial charge in [0.1, 0.15) is 5.82 Å². The summed E-state index contributed by atoms with van der Waals surface area (Å²) in [6.07, 6.45) is 7.17. The molecule has 0 aliphatic rings. The number of aromatic nitrogens is 2. The summed E-state index contributed by atoms with van der Waals surface area (Å²) in [6, 6.07) is 4.51. The molecule has 2 aromatic heterocycles. The van der Waals surface area contributed by atoms with Crippen molar-refractivity contribution in [1.82, 2.24) is 9.55 Å². The minimum atomic E-state index is 0.337. The van der Waals surface area contributed by atoms with Gasteiger partial charge >= 0.3 is 0 Å². The predicted molar refractivity (Wildman–Crippen MR) is 73.0 cm³/mol. The maximum Gasteiger partial charge on any atom is 0.149 e. The molecule has 0 fully saturated rings. The lowest BCUT2D eigenvalue weighted by atomic mass is 10.1. The summed E-state index contributed by atoms with van der Waals surface area (Å²) in [5.74, 6) is 1.07. The SMILES string of the molecule is CCC(N)CCCn1ccnc1-c1cccs1. The van der Waals surface area contributed by atoms with Crippen LogP contribution in [0.15, 0.2) is 29.9 Å². The monoisotopic (exact) mass is 249 g/mol. The number of nitrogens with two attached hydrogens (primary N) is 1. The van der Waals surface area contributed by atoms with E-state index in [-0.39, 0.29) is 0 Å². The van der Waals surface area contributed by atoms with Crippen molar-refractivity contribution in [3.8, 4) is 10.7 Å². The predicted octanol–water partition coefficient (Wildman–Crippen LogP) is 3.13. The van der Waals surface area contributed by atoms with E-state index in [0.717, 1.165) is 31.6 Å². The Balaban J connectivity index is 1.96. The topological polar surface area (TPSA) is 43.8 Å². The first-order chi connectivity index (χ1) is 8.31. The standard InChI is InChI=1S/C13H19N3S/c1-2-11(14)5-3-8-16-9-7-15-13(16)12-6-4-10-17-12/h4,6-7,9-11H,2-3,5,8,14H2,1H3. The third-order valence-electron chi connectivity index (χ3n) is 2.96. The number of hydrogen-bond acceptors (Lipinski definition) is 3. The van der Waals surface area contributed by atoms with Crippen LogP contribution in [0.25, 0.3) is 10.7 Å². The van der Waals surface area contributed by atoms with E-state index in [1.807, 2.05) is 12.4 Å². The summed E-state index contributed by atoms with van der Waals surface area (Å²) in [6.45, 7) is 3.14. The molecule has 0 saturated carbocycles. The Labute approximate surface area is 106 Å². The molecule has 1 unspecified atom stereocenters. The van der Waals surface area contributed by atoms with Gasteiger partial charge in [0, 0.05) is 25.0 Å². The molecule has 4 heteroatoms. The van der Waals surface area contributed by atoms with Crippen molar-refractivity contribution in [2.24, 2.45) is 5.73 Å². The summed E-state index contributed by atoms with van der Waals surface area (Å²) < 4.78 is 2.22. The first kappa shape index (κ1) is 12.3. The Kier molecular flexibility index (Phi) is 4.34. The molecule has 0 bridgehead atoms. The quantitative estimate of drug-likeness (QED) is 0.854. The second-order valence-electron chi connectivity index (χ2n) is 4.23. The van der Waals surface area contributed by atoms with Crippen LogP contribution in [0, 0.1) is 0 Å². The van der Waals surface area contributed by atoms with Gasteiger partial charge in [0.2, 0.25) is 0 Å². The molecule has 0 amide bonds. The molecule has 0 aromatic carbocycles. The van der Waals surface area contributed by atoms with Gasteiger partial charge in [-0.25, -0.2) is 4.98 Å². The highest BCUT2D eigenvalue weighted by Crippen LogP contribution is 2.23. The molecule has 2 heterocycles. The van der Waals surface area contributed by atoms with E-state index >= 15 is 0 Å². The van der Waals surface area contributed by atoms with Crippen molar-refractivity contribution in [1.29, 1.82) is 0 Å². The van der Waals surface area contributed by atoms with E-state index in [1.54, 1.807) is 11.3 Å². The number of aryl methyl sites for hydroxylation is 1. The molecular formula is C13H19N3S. The third-order valence-corrected chi connectivity index (χ3v) is 3.82. The van der Waals surface area contributed by atoms with Crippen molar-refractivity contribution >= 4 is 11.3 Å². The lowest BCUT2D eigenvalue weighted by molar-refractivity contribution is 0.527. The first-order valence-electron chi connectivity index (χ1n) is 6.12. The second-order valence-corrected chi connectivity index (χ2v) is 5.18. The molecule has 2 N–H and O–H groups in total. The minimum Gasteiger partial charge on any atom is -0.330 e. The van der Waals surface area contributed by atoms with Crippen molar-refractivity contribution < 1.29 is 0 Å². The maximum atomic E-state index is 5.92. The van der Waals surface area contributed by atoms with E-state index in [1.165, 1.54) is 4.88 Å². The van der Waals surface area contributed by atoms with Crippen LogP contribution >= 0.6 is 11.3 Å². The Morgan fingerprint density at radius 2 is 2.41 bits per heavy atom. The summed E-state index contributed by atoms with van der Waals surface area (Å²) in [5.41, 5.74) is 5.92. The van der Waals surface area contributed by atoms with Gasteiger partial charge in [0.15, 0.2) is 0 Å². The van der Waals surface area contributed by atoms with Gasteiger partial charge in [-0.15, -0.1) is 11.3 Å². The summed E-state index contributed by atoms with van der Waals surface area (Å²) in [7, 11) is 0. The molecular weight excluding hydrogens is 230 g/mol. The number of imidazole rings is 1.